The molecule has 0 aliphatic heterocycles. The van der Waals surface area contributed by atoms with Crippen molar-refractivity contribution in [3.05, 3.63) is 52.2 Å². The number of thiophene rings is 1. The molecule has 0 atom stereocenters. The first-order valence-electron chi connectivity index (χ1n) is 7.18. The Labute approximate surface area is 145 Å². The van der Waals surface area contributed by atoms with E-state index >= 15 is 0 Å². The molecule has 25 heavy (non-hydrogen) atoms. The van der Waals surface area contributed by atoms with E-state index in [1.165, 1.54) is 23.5 Å². The Hall–Kier alpha value is -2.39. The van der Waals surface area contributed by atoms with Gasteiger partial charge in [0.05, 0.1) is 12.1 Å². The van der Waals surface area contributed by atoms with Crippen molar-refractivity contribution < 1.29 is 27.5 Å². The van der Waals surface area contributed by atoms with Crippen molar-refractivity contribution in [3.8, 4) is 0 Å². The van der Waals surface area contributed by atoms with Crippen LogP contribution in [0.5, 0.6) is 0 Å². The van der Waals surface area contributed by atoms with Gasteiger partial charge in [0, 0.05) is 10.6 Å². The second-order valence-corrected chi connectivity index (χ2v) is 6.01. The van der Waals surface area contributed by atoms with E-state index in [2.05, 4.69) is 10.6 Å². The molecular formula is C16H15F3N2O3S. The van der Waals surface area contributed by atoms with Crippen LogP contribution in [-0.2, 0) is 27.0 Å². The molecule has 0 bridgehead atoms. The van der Waals surface area contributed by atoms with Crippen molar-refractivity contribution >= 4 is 28.8 Å². The summed E-state index contributed by atoms with van der Waals surface area (Å²) in [6.07, 6.45) is -4.49. The number of alkyl halides is 3. The van der Waals surface area contributed by atoms with Gasteiger partial charge in [0.2, 0.25) is 11.8 Å². The van der Waals surface area contributed by atoms with Crippen molar-refractivity contribution in [2.75, 3.05) is 18.5 Å². The highest BCUT2D eigenvalue weighted by Gasteiger charge is 2.30. The third-order valence-electron chi connectivity index (χ3n) is 2.98. The molecule has 0 fully saturated rings. The molecule has 2 rings (SSSR count). The minimum atomic E-state index is -4.49. The van der Waals surface area contributed by atoms with E-state index in [-0.39, 0.29) is 18.2 Å². The highest BCUT2D eigenvalue weighted by atomic mass is 32.1. The average Bonchev–Trinajstić information content (AvgIpc) is 3.06. The van der Waals surface area contributed by atoms with Crippen molar-refractivity contribution in [2.24, 2.45) is 0 Å². The number of anilines is 1. The summed E-state index contributed by atoms with van der Waals surface area (Å²) in [6.45, 7) is -0.389. The molecule has 0 spiro atoms. The van der Waals surface area contributed by atoms with Gasteiger partial charge in [0.1, 0.15) is 13.2 Å². The van der Waals surface area contributed by atoms with E-state index in [0.29, 0.717) is 6.54 Å². The fourth-order valence-corrected chi connectivity index (χ4v) is 2.50. The number of hydrogen-bond acceptors (Lipinski definition) is 4. The molecule has 0 aliphatic rings. The summed E-state index contributed by atoms with van der Waals surface area (Å²) in [4.78, 5) is 24.2. The highest BCUT2D eigenvalue weighted by Crippen LogP contribution is 2.30. The maximum Gasteiger partial charge on any atom is 0.416 e. The molecule has 1 aromatic heterocycles. The van der Waals surface area contributed by atoms with Gasteiger partial charge >= 0.3 is 6.18 Å². The Morgan fingerprint density at radius 2 is 1.84 bits per heavy atom. The quantitative estimate of drug-likeness (QED) is 0.785. The van der Waals surface area contributed by atoms with Crippen LogP contribution in [0.25, 0.3) is 0 Å². The predicted molar refractivity (Wildman–Crippen MR) is 87.1 cm³/mol. The van der Waals surface area contributed by atoms with Gasteiger partial charge in [-0.1, -0.05) is 12.1 Å². The highest BCUT2D eigenvalue weighted by molar-refractivity contribution is 7.09. The molecule has 0 radical (unpaired) electrons. The standard InChI is InChI=1S/C16H15F3N2O3S/c17-16(18,19)11-3-1-4-12(7-11)21-15(23)10-24-9-14(22)20-8-13-5-2-6-25-13/h1-7H,8-10H2,(H,20,22)(H,21,23). The third kappa shape index (κ3) is 6.55. The van der Waals surface area contributed by atoms with Gasteiger partial charge < -0.3 is 15.4 Å². The van der Waals surface area contributed by atoms with Crippen molar-refractivity contribution in [2.45, 2.75) is 12.7 Å². The zero-order valence-electron chi connectivity index (χ0n) is 12.9. The largest absolute Gasteiger partial charge is 0.416 e. The van der Waals surface area contributed by atoms with Crippen LogP contribution in [0.1, 0.15) is 10.4 Å². The average molecular weight is 372 g/mol. The van der Waals surface area contributed by atoms with E-state index in [1.807, 2.05) is 17.5 Å². The van der Waals surface area contributed by atoms with Crippen LogP contribution in [0.2, 0.25) is 0 Å². The van der Waals surface area contributed by atoms with Gasteiger partial charge in [-0.15, -0.1) is 11.3 Å². The lowest BCUT2D eigenvalue weighted by molar-refractivity contribution is -0.137. The first-order chi connectivity index (χ1) is 11.8. The summed E-state index contributed by atoms with van der Waals surface area (Å²) < 4.78 is 42.7. The smallest absolute Gasteiger partial charge is 0.362 e. The Balaban J connectivity index is 1.71. The molecule has 134 valence electrons. The fraction of sp³-hybridized carbons (Fsp3) is 0.250. The van der Waals surface area contributed by atoms with Gasteiger partial charge in [-0.05, 0) is 29.6 Å². The lowest BCUT2D eigenvalue weighted by Crippen LogP contribution is -2.29. The van der Waals surface area contributed by atoms with Crippen molar-refractivity contribution in [3.63, 3.8) is 0 Å². The molecular weight excluding hydrogens is 357 g/mol. The minimum absolute atomic E-state index is 0.00516. The number of carbonyl (C=O) groups excluding carboxylic acids is 2. The number of nitrogens with one attached hydrogen (secondary N) is 2. The van der Waals surface area contributed by atoms with E-state index in [0.717, 1.165) is 17.0 Å². The van der Waals surface area contributed by atoms with Crippen molar-refractivity contribution in [1.29, 1.82) is 0 Å². The summed E-state index contributed by atoms with van der Waals surface area (Å²) in [7, 11) is 0. The van der Waals surface area contributed by atoms with Crippen LogP contribution < -0.4 is 10.6 Å². The molecule has 0 unspecified atom stereocenters. The third-order valence-corrected chi connectivity index (χ3v) is 3.86. The molecule has 5 nitrogen and oxygen atoms in total. The number of amides is 2. The fourth-order valence-electron chi connectivity index (χ4n) is 1.86. The van der Waals surface area contributed by atoms with E-state index in [1.54, 1.807) is 0 Å². The number of hydrogen-bond donors (Lipinski definition) is 2. The van der Waals surface area contributed by atoms with Crippen LogP contribution >= 0.6 is 11.3 Å². The van der Waals surface area contributed by atoms with E-state index in [9.17, 15) is 22.8 Å². The number of benzene rings is 1. The zero-order valence-corrected chi connectivity index (χ0v) is 13.7. The molecule has 1 aromatic carbocycles. The number of carbonyl (C=O) groups is 2. The molecule has 0 saturated carbocycles. The van der Waals surface area contributed by atoms with Gasteiger partial charge in [-0.3, -0.25) is 9.59 Å². The van der Waals surface area contributed by atoms with Crippen LogP contribution in [0, 0.1) is 0 Å². The zero-order chi connectivity index (χ0) is 18.3. The van der Waals surface area contributed by atoms with Gasteiger partial charge in [-0.25, -0.2) is 0 Å². The Morgan fingerprint density at radius 1 is 1.08 bits per heavy atom. The monoisotopic (exact) mass is 372 g/mol. The first-order valence-corrected chi connectivity index (χ1v) is 8.06. The van der Waals surface area contributed by atoms with Crippen molar-refractivity contribution in [1.82, 2.24) is 5.32 Å². The summed E-state index contributed by atoms with van der Waals surface area (Å²) >= 11 is 1.50. The normalized spacial score (nSPS) is 11.2. The number of rotatable bonds is 7. The topological polar surface area (TPSA) is 67.4 Å². The minimum Gasteiger partial charge on any atom is -0.362 e. The van der Waals surface area contributed by atoms with Crippen LogP contribution in [0.15, 0.2) is 41.8 Å². The summed E-state index contributed by atoms with van der Waals surface area (Å²) in [5.41, 5.74) is -0.857. The second kappa shape index (κ2) is 8.63. The second-order valence-electron chi connectivity index (χ2n) is 4.98. The Morgan fingerprint density at radius 3 is 2.52 bits per heavy atom. The van der Waals surface area contributed by atoms with E-state index in [4.69, 9.17) is 4.74 Å². The van der Waals surface area contributed by atoms with Crippen LogP contribution in [0.4, 0.5) is 18.9 Å². The first kappa shape index (κ1) is 18.9. The predicted octanol–water partition coefficient (Wildman–Crippen LogP) is 3.04. The van der Waals surface area contributed by atoms with Crippen LogP contribution in [-0.4, -0.2) is 25.0 Å². The molecule has 0 aliphatic carbocycles. The lowest BCUT2D eigenvalue weighted by atomic mass is 10.2. The molecule has 0 saturated heterocycles. The summed E-state index contributed by atoms with van der Waals surface area (Å²) in [6, 6.07) is 7.99. The molecule has 2 aromatic rings. The Kier molecular flexibility index (Phi) is 6.54. The van der Waals surface area contributed by atoms with E-state index < -0.39 is 24.3 Å². The molecule has 9 heteroatoms. The molecule has 1 heterocycles. The number of ether oxygens (including phenoxy) is 1. The molecule has 2 N–H and O–H groups in total. The number of halogens is 3. The lowest BCUT2D eigenvalue weighted by Gasteiger charge is -2.10. The maximum atomic E-state index is 12.6. The van der Waals surface area contributed by atoms with Crippen LogP contribution in [0.3, 0.4) is 0 Å². The SMILES string of the molecule is O=C(COCC(=O)Nc1cccc(C(F)(F)F)c1)NCc1cccs1. The maximum absolute atomic E-state index is 12.6. The summed E-state index contributed by atoms with van der Waals surface area (Å²) in [5.74, 6) is -1.04. The molecule has 2 amide bonds. The van der Waals surface area contributed by atoms with Gasteiger partial charge in [0.25, 0.3) is 0 Å². The summed E-state index contributed by atoms with van der Waals surface area (Å²) in [5, 5.41) is 6.80. The van der Waals surface area contributed by atoms with Gasteiger partial charge in [0.15, 0.2) is 0 Å². The Bertz CT molecular complexity index is 718. The van der Waals surface area contributed by atoms with Gasteiger partial charge in [-0.2, -0.15) is 13.2 Å².